The number of aromatic nitrogens is 1. The van der Waals surface area contributed by atoms with Gasteiger partial charge < -0.3 is 14.7 Å². The van der Waals surface area contributed by atoms with Crippen molar-refractivity contribution in [1.29, 1.82) is 0 Å². The van der Waals surface area contributed by atoms with Crippen molar-refractivity contribution in [1.82, 2.24) is 9.88 Å². The molecule has 1 aromatic rings. The zero-order valence-electron chi connectivity index (χ0n) is 14.4. The van der Waals surface area contributed by atoms with Gasteiger partial charge in [-0.2, -0.15) is 8.78 Å². The van der Waals surface area contributed by atoms with E-state index >= 15 is 0 Å². The fraction of sp³-hybridized carbons (Fsp3) is 0.588. The van der Waals surface area contributed by atoms with Crippen LogP contribution in [0.2, 0.25) is 0 Å². The van der Waals surface area contributed by atoms with Crippen LogP contribution in [0.25, 0.3) is 0 Å². The van der Waals surface area contributed by atoms with Gasteiger partial charge in [0.25, 0.3) is 5.91 Å². The summed E-state index contributed by atoms with van der Waals surface area (Å²) < 4.78 is 54.4. The van der Waals surface area contributed by atoms with Crippen molar-refractivity contribution in [3.05, 3.63) is 23.9 Å². The third kappa shape index (κ3) is 6.07. The van der Waals surface area contributed by atoms with Crippen LogP contribution in [-0.4, -0.2) is 58.9 Å². The topological polar surface area (TPSA) is 79.7 Å². The van der Waals surface area contributed by atoms with Gasteiger partial charge in [0.2, 0.25) is 5.88 Å². The van der Waals surface area contributed by atoms with Crippen molar-refractivity contribution < 1.29 is 37.0 Å². The van der Waals surface area contributed by atoms with Gasteiger partial charge in [-0.25, -0.2) is 13.8 Å². The molecule has 0 aromatic carbocycles. The van der Waals surface area contributed by atoms with Crippen molar-refractivity contribution in [3.8, 4) is 5.88 Å². The minimum absolute atomic E-state index is 0.0452. The van der Waals surface area contributed by atoms with E-state index in [1.54, 1.807) is 4.90 Å². The van der Waals surface area contributed by atoms with Crippen molar-refractivity contribution in [3.63, 3.8) is 0 Å². The highest BCUT2D eigenvalue weighted by molar-refractivity contribution is 5.94. The second-order valence-corrected chi connectivity index (χ2v) is 6.43. The predicted molar refractivity (Wildman–Crippen MR) is 86.2 cm³/mol. The fourth-order valence-electron chi connectivity index (χ4n) is 2.82. The average Bonchev–Trinajstić information content (AvgIpc) is 2.64. The van der Waals surface area contributed by atoms with Crippen LogP contribution in [0.15, 0.2) is 18.3 Å². The van der Waals surface area contributed by atoms with Gasteiger partial charge in [-0.15, -0.1) is 0 Å². The number of aliphatic carboxylic acids is 1. The average molecular weight is 392 g/mol. The minimum atomic E-state index is -4.28. The summed E-state index contributed by atoms with van der Waals surface area (Å²) in [7, 11) is 0. The van der Waals surface area contributed by atoms with Gasteiger partial charge in [0, 0.05) is 31.8 Å². The molecule has 1 aliphatic heterocycles. The van der Waals surface area contributed by atoms with Crippen molar-refractivity contribution >= 4 is 11.9 Å². The Bertz CT molecular complexity index is 655. The molecule has 0 radical (unpaired) electrons. The molecule has 1 N–H and O–H groups in total. The summed E-state index contributed by atoms with van der Waals surface area (Å²) >= 11 is 0. The van der Waals surface area contributed by atoms with E-state index in [0.29, 0.717) is 19.5 Å². The Morgan fingerprint density at radius 3 is 2.70 bits per heavy atom. The Morgan fingerprint density at radius 1 is 1.37 bits per heavy atom. The molecular formula is C17H20F4N2O4. The lowest BCUT2D eigenvalue weighted by molar-refractivity contribution is -0.148. The first kappa shape index (κ1) is 20.9. The van der Waals surface area contributed by atoms with Crippen LogP contribution in [0.3, 0.4) is 0 Å². The van der Waals surface area contributed by atoms with E-state index < -0.39 is 24.9 Å². The molecule has 1 unspecified atom stereocenters. The van der Waals surface area contributed by atoms with Gasteiger partial charge >= 0.3 is 18.3 Å². The first-order valence-corrected chi connectivity index (χ1v) is 8.45. The highest BCUT2D eigenvalue weighted by atomic mass is 19.3. The molecule has 1 fully saturated rings. The number of likely N-dealkylation sites (tertiary alicyclic amines) is 1. The summed E-state index contributed by atoms with van der Waals surface area (Å²) in [6, 6.07) is 2.49. The largest absolute Gasteiger partial charge is 0.481 e. The summed E-state index contributed by atoms with van der Waals surface area (Å²) in [6.45, 7) is -0.547. The lowest BCUT2D eigenvalue weighted by Gasteiger charge is -2.32. The van der Waals surface area contributed by atoms with Crippen molar-refractivity contribution in [2.24, 2.45) is 5.92 Å². The van der Waals surface area contributed by atoms with E-state index in [0.717, 1.165) is 19.0 Å². The van der Waals surface area contributed by atoms with E-state index in [4.69, 9.17) is 5.11 Å². The minimum Gasteiger partial charge on any atom is -0.481 e. The number of amides is 1. The quantitative estimate of drug-likeness (QED) is 0.688. The number of carbonyl (C=O) groups excluding carboxylic acids is 1. The first-order valence-electron chi connectivity index (χ1n) is 8.45. The second-order valence-electron chi connectivity index (χ2n) is 6.43. The van der Waals surface area contributed by atoms with E-state index in [-0.39, 0.29) is 29.7 Å². The third-order valence-corrected chi connectivity index (χ3v) is 4.29. The number of nitrogens with zero attached hydrogens (tertiary/aromatic N) is 2. The summed E-state index contributed by atoms with van der Waals surface area (Å²) in [4.78, 5) is 28.5. The lowest BCUT2D eigenvalue weighted by atomic mass is 9.93. The molecule has 0 saturated carbocycles. The van der Waals surface area contributed by atoms with Crippen LogP contribution in [0, 0.1) is 5.92 Å². The van der Waals surface area contributed by atoms with Gasteiger partial charge in [0.15, 0.2) is 6.61 Å². The SMILES string of the molecule is O=C(O)CCC1CCCN(C(=O)c2ccc(OCC(F)(F)C(F)F)nc2)C1. The molecule has 2 rings (SSSR count). The van der Waals surface area contributed by atoms with Gasteiger partial charge in [0.1, 0.15) is 0 Å². The Morgan fingerprint density at radius 2 is 2.11 bits per heavy atom. The van der Waals surface area contributed by atoms with E-state index in [2.05, 4.69) is 9.72 Å². The highest BCUT2D eigenvalue weighted by Crippen LogP contribution is 2.25. The maximum atomic E-state index is 12.8. The third-order valence-electron chi connectivity index (χ3n) is 4.29. The number of rotatable bonds is 8. The summed E-state index contributed by atoms with van der Waals surface area (Å²) in [6.07, 6.45) is -0.565. The van der Waals surface area contributed by atoms with E-state index in [9.17, 15) is 27.2 Å². The standard InChI is InChI=1S/C17H20F4N2O4/c18-16(19)17(20,21)10-27-13-5-4-12(8-22-13)15(26)23-7-1-2-11(9-23)3-6-14(24)25/h4-5,8,11,16H,1-3,6-7,9-10H2,(H,24,25). The lowest BCUT2D eigenvalue weighted by Crippen LogP contribution is -2.40. The maximum absolute atomic E-state index is 12.8. The summed E-state index contributed by atoms with van der Waals surface area (Å²) in [5.74, 6) is -5.66. The molecule has 2 heterocycles. The number of piperidine rings is 1. The highest BCUT2D eigenvalue weighted by Gasteiger charge is 2.41. The van der Waals surface area contributed by atoms with Gasteiger partial charge in [-0.05, 0) is 31.2 Å². The molecule has 1 aliphatic rings. The van der Waals surface area contributed by atoms with Crippen LogP contribution in [0.5, 0.6) is 5.88 Å². The molecule has 1 atom stereocenters. The second kappa shape index (κ2) is 9.01. The number of carboxylic acid groups (broad SMARTS) is 1. The number of hydrogen-bond acceptors (Lipinski definition) is 4. The maximum Gasteiger partial charge on any atom is 0.340 e. The van der Waals surface area contributed by atoms with Crippen LogP contribution >= 0.6 is 0 Å². The van der Waals surface area contributed by atoms with Crippen LogP contribution < -0.4 is 4.74 Å². The Labute approximate surface area is 153 Å². The molecule has 150 valence electrons. The molecule has 1 amide bonds. The number of halogens is 4. The molecule has 27 heavy (non-hydrogen) atoms. The molecule has 6 nitrogen and oxygen atoms in total. The van der Waals surface area contributed by atoms with Crippen LogP contribution in [0.4, 0.5) is 17.6 Å². The van der Waals surface area contributed by atoms with Gasteiger partial charge in [-0.3, -0.25) is 9.59 Å². The predicted octanol–water partition coefficient (Wildman–Crippen LogP) is 3.08. The van der Waals surface area contributed by atoms with Gasteiger partial charge in [0.05, 0.1) is 5.56 Å². The molecule has 0 aliphatic carbocycles. The summed E-state index contributed by atoms with van der Waals surface area (Å²) in [5, 5.41) is 8.76. The van der Waals surface area contributed by atoms with Crippen LogP contribution in [0.1, 0.15) is 36.0 Å². The normalized spacial score (nSPS) is 17.8. The van der Waals surface area contributed by atoms with Crippen LogP contribution in [-0.2, 0) is 4.79 Å². The van der Waals surface area contributed by atoms with E-state index in [1.165, 1.54) is 12.1 Å². The number of ether oxygens (including phenoxy) is 1. The monoisotopic (exact) mass is 392 g/mol. The molecule has 10 heteroatoms. The zero-order chi connectivity index (χ0) is 20.0. The first-order chi connectivity index (χ1) is 12.7. The van der Waals surface area contributed by atoms with Gasteiger partial charge in [-0.1, -0.05) is 0 Å². The molecular weight excluding hydrogens is 372 g/mol. The molecule has 0 spiro atoms. The Hall–Kier alpha value is -2.39. The zero-order valence-corrected chi connectivity index (χ0v) is 14.4. The molecule has 0 bridgehead atoms. The van der Waals surface area contributed by atoms with Crippen molar-refractivity contribution in [2.45, 2.75) is 38.0 Å². The number of pyridine rings is 1. The van der Waals surface area contributed by atoms with E-state index in [1.807, 2.05) is 0 Å². The Balaban J connectivity index is 1.92. The van der Waals surface area contributed by atoms with Crippen molar-refractivity contribution in [2.75, 3.05) is 19.7 Å². The molecule has 1 aromatic heterocycles. The summed E-state index contributed by atoms with van der Waals surface area (Å²) in [5.41, 5.74) is 0.210. The number of carbonyl (C=O) groups is 2. The number of alkyl halides is 4. The number of hydrogen-bond donors (Lipinski definition) is 1. The Kier molecular flexibility index (Phi) is 6.98. The fourth-order valence-corrected chi connectivity index (χ4v) is 2.82. The number of carboxylic acids is 1. The molecule has 1 saturated heterocycles. The smallest absolute Gasteiger partial charge is 0.340 e.